The first-order chi connectivity index (χ1) is 7.11. The molecule has 0 saturated carbocycles. The monoisotopic (exact) mass is 226 g/mol. The highest BCUT2D eigenvalue weighted by Gasteiger charge is 2.24. The fourth-order valence-electron chi connectivity index (χ4n) is 1.77. The lowest BCUT2D eigenvalue weighted by atomic mass is 10.1. The normalized spacial score (nSPS) is 15.1. The van der Waals surface area contributed by atoms with E-state index in [1.54, 1.807) is 6.07 Å². The molecule has 0 amide bonds. The molecule has 1 aliphatic rings. The van der Waals surface area contributed by atoms with Crippen LogP contribution in [0.1, 0.15) is 21.6 Å². The van der Waals surface area contributed by atoms with E-state index >= 15 is 0 Å². The molecule has 2 heterocycles. The number of aromatic nitrogens is 1. The number of rotatable bonds is 1. The molecular formula is C10H11ClN2O2. The zero-order valence-corrected chi connectivity index (χ0v) is 9.34. The molecule has 0 spiro atoms. The first-order valence-electron chi connectivity index (χ1n) is 4.57. The number of pyridine rings is 1. The summed E-state index contributed by atoms with van der Waals surface area (Å²) in [6, 6.07) is 1.56. The van der Waals surface area contributed by atoms with Crippen LogP contribution in [0.5, 0.6) is 0 Å². The molecule has 0 saturated heterocycles. The van der Waals surface area contributed by atoms with Crippen molar-refractivity contribution in [1.29, 1.82) is 0 Å². The van der Waals surface area contributed by atoms with Gasteiger partial charge in [0, 0.05) is 18.7 Å². The number of methoxy groups -OCH3 is 1. The Morgan fingerprint density at radius 2 is 2.33 bits per heavy atom. The molecule has 1 aromatic rings. The topological polar surface area (TPSA) is 42.4 Å². The van der Waals surface area contributed by atoms with E-state index < -0.39 is 0 Å². The third kappa shape index (κ3) is 1.82. The van der Waals surface area contributed by atoms with Gasteiger partial charge < -0.3 is 4.74 Å². The van der Waals surface area contributed by atoms with Crippen molar-refractivity contribution < 1.29 is 9.53 Å². The van der Waals surface area contributed by atoms with Gasteiger partial charge in [0.05, 0.1) is 18.4 Å². The number of esters is 1. The number of ether oxygens (including phenoxy) is 1. The van der Waals surface area contributed by atoms with Gasteiger partial charge in [0.15, 0.2) is 0 Å². The van der Waals surface area contributed by atoms with Gasteiger partial charge in [-0.1, -0.05) is 11.6 Å². The van der Waals surface area contributed by atoms with Gasteiger partial charge in [0.2, 0.25) is 0 Å². The Balaban J connectivity index is 2.52. The fraction of sp³-hybridized carbons (Fsp3) is 0.400. The number of hydrogen-bond acceptors (Lipinski definition) is 4. The second-order valence-corrected chi connectivity index (χ2v) is 3.97. The van der Waals surface area contributed by atoms with E-state index in [9.17, 15) is 4.79 Å². The van der Waals surface area contributed by atoms with Gasteiger partial charge in [-0.2, -0.15) is 0 Å². The minimum Gasteiger partial charge on any atom is -0.465 e. The van der Waals surface area contributed by atoms with Crippen LogP contribution >= 0.6 is 11.6 Å². The van der Waals surface area contributed by atoms with E-state index in [0.717, 1.165) is 17.8 Å². The Hall–Kier alpha value is -1.13. The van der Waals surface area contributed by atoms with Crippen LogP contribution in [0.3, 0.4) is 0 Å². The molecule has 80 valence electrons. The number of carbonyl (C=O) groups is 1. The second kappa shape index (κ2) is 3.79. The van der Waals surface area contributed by atoms with Crippen LogP contribution in [0.25, 0.3) is 0 Å². The van der Waals surface area contributed by atoms with E-state index in [4.69, 9.17) is 16.3 Å². The third-order valence-electron chi connectivity index (χ3n) is 2.43. The SMILES string of the molecule is COC(=O)c1cc(Cl)nc2c1CN(C)C2. The predicted octanol–water partition coefficient (Wildman–Crippen LogP) is 1.47. The van der Waals surface area contributed by atoms with Crippen molar-refractivity contribution in [2.45, 2.75) is 13.1 Å². The lowest BCUT2D eigenvalue weighted by Gasteiger charge is -2.06. The summed E-state index contributed by atoms with van der Waals surface area (Å²) in [5, 5.41) is 0.337. The standard InChI is InChI=1S/C10H11ClN2O2/c1-13-4-7-6(10(14)15-2)3-9(11)12-8(7)5-13/h3H,4-5H2,1-2H3. The molecule has 0 fully saturated rings. The van der Waals surface area contributed by atoms with Crippen molar-refractivity contribution >= 4 is 17.6 Å². The Morgan fingerprint density at radius 1 is 1.60 bits per heavy atom. The maximum absolute atomic E-state index is 11.5. The van der Waals surface area contributed by atoms with Gasteiger partial charge in [0.25, 0.3) is 0 Å². The summed E-state index contributed by atoms with van der Waals surface area (Å²) in [5.41, 5.74) is 2.32. The quantitative estimate of drug-likeness (QED) is 0.537. The molecule has 4 nitrogen and oxygen atoms in total. The minimum atomic E-state index is -0.356. The van der Waals surface area contributed by atoms with Crippen LogP contribution in [0, 0.1) is 0 Å². The zero-order chi connectivity index (χ0) is 11.0. The van der Waals surface area contributed by atoms with E-state index in [1.165, 1.54) is 7.11 Å². The van der Waals surface area contributed by atoms with Crippen LogP contribution in [-0.2, 0) is 17.8 Å². The number of fused-ring (bicyclic) bond motifs is 1. The zero-order valence-electron chi connectivity index (χ0n) is 8.58. The molecule has 0 bridgehead atoms. The molecule has 1 aromatic heterocycles. The van der Waals surface area contributed by atoms with E-state index in [0.29, 0.717) is 17.3 Å². The van der Waals surface area contributed by atoms with Gasteiger partial charge in [-0.15, -0.1) is 0 Å². The van der Waals surface area contributed by atoms with Crippen molar-refractivity contribution in [3.05, 3.63) is 28.0 Å². The molecule has 0 atom stereocenters. The Morgan fingerprint density at radius 3 is 3.00 bits per heavy atom. The van der Waals surface area contributed by atoms with Gasteiger partial charge >= 0.3 is 5.97 Å². The summed E-state index contributed by atoms with van der Waals surface area (Å²) in [6.45, 7) is 1.43. The van der Waals surface area contributed by atoms with Crippen molar-refractivity contribution in [3.8, 4) is 0 Å². The highest BCUT2D eigenvalue weighted by Crippen LogP contribution is 2.26. The molecule has 0 radical (unpaired) electrons. The van der Waals surface area contributed by atoms with Crippen molar-refractivity contribution in [2.75, 3.05) is 14.2 Å². The van der Waals surface area contributed by atoms with Gasteiger partial charge in [-0.05, 0) is 13.1 Å². The molecule has 5 heteroatoms. The molecule has 2 rings (SSSR count). The summed E-state index contributed by atoms with van der Waals surface area (Å²) in [5.74, 6) is -0.356. The second-order valence-electron chi connectivity index (χ2n) is 3.58. The highest BCUT2D eigenvalue weighted by molar-refractivity contribution is 6.29. The molecule has 0 aliphatic carbocycles. The summed E-state index contributed by atoms with van der Waals surface area (Å²) < 4.78 is 4.71. The average molecular weight is 227 g/mol. The van der Waals surface area contributed by atoms with Crippen LogP contribution in [0.4, 0.5) is 0 Å². The van der Waals surface area contributed by atoms with Crippen LogP contribution in [0.2, 0.25) is 5.15 Å². The number of hydrogen-bond donors (Lipinski definition) is 0. The summed E-state index contributed by atoms with van der Waals surface area (Å²) in [7, 11) is 3.33. The Kier molecular flexibility index (Phi) is 2.63. The van der Waals surface area contributed by atoms with Gasteiger partial charge in [0.1, 0.15) is 5.15 Å². The predicted molar refractivity (Wildman–Crippen MR) is 55.8 cm³/mol. The number of carbonyl (C=O) groups excluding carboxylic acids is 1. The molecule has 0 N–H and O–H groups in total. The molecule has 1 aliphatic heterocycles. The maximum Gasteiger partial charge on any atom is 0.338 e. The number of nitrogens with zero attached hydrogens (tertiary/aromatic N) is 2. The van der Waals surface area contributed by atoms with Crippen molar-refractivity contribution in [3.63, 3.8) is 0 Å². The van der Waals surface area contributed by atoms with E-state index in [2.05, 4.69) is 9.88 Å². The number of halogens is 1. The third-order valence-corrected chi connectivity index (χ3v) is 2.63. The fourth-order valence-corrected chi connectivity index (χ4v) is 1.98. The van der Waals surface area contributed by atoms with E-state index in [1.807, 2.05) is 7.05 Å². The average Bonchev–Trinajstić information content (AvgIpc) is 2.55. The van der Waals surface area contributed by atoms with Crippen LogP contribution in [-0.4, -0.2) is 30.0 Å². The largest absolute Gasteiger partial charge is 0.465 e. The Bertz CT molecular complexity index is 420. The van der Waals surface area contributed by atoms with Gasteiger partial charge in [-0.3, -0.25) is 4.90 Å². The van der Waals surface area contributed by atoms with Gasteiger partial charge in [-0.25, -0.2) is 9.78 Å². The first-order valence-corrected chi connectivity index (χ1v) is 4.94. The summed E-state index contributed by atoms with van der Waals surface area (Å²) in [4.78, 5) is 17.8. The first kappa shape index (κ1) is 10.4. The van der Waals surface area contributed by atoms with Crippen molar-refractivity contribution in [2.24, 2.45) is 0 Å². The Labute approximate surface area is 92.8 Å². The van der Waals surface area contributed by atoms with Crippen LogP contribution in [0.15, 0.2) is 6.07 Å². The van der Waals surface area contributed by atoms with E-state index in [-0.39, 0.29) is 5.97 Å². The maximum atomic E-state index is 11.5. The lowest BCUT2D eigenvalue weighted by Crippen LogP contribution is -2.09. The van der Waals surface area contributed by atoms with Crippen LogP contribution < -0.4 is 0 Å². The minimum absolute atomic E-state index is 0.337. The summed E-state index contributed by atoms with van der Waals surface area (Å²) in [6.07, 6.45) is 0. The van der Waals surface area contributed by atoms with Crippen molar-refractivity contribution in [1.82, 2.24) is 9.88 Å². The summed E-state index contributed by atoms with van der Waals surface area (Å²) >= 11 is 5.84. The highest BCUT2D eigenvalue weighted by atomic mass is 35.5. The molecular weight excluding hydrogens is 216 g/mol. The molecule has 15 heavy (non-hydrogen) atoms. The lowest BCUT2D eigenvalue weighted by molar-refractivity contribution is 0.0599. The molecule has 0 unspecified atom stereocenters. The molecule has 0 aromatic carbocycles. The smallest absolute Gasteiger partial charge is 0.338 e.